The molecule has 0 unspecified atom stereocenters. The minimum absolute atomic E-state index is 0.116. The van der Waals surface area contributed by atoms with Gasteiger partial charge in [0.05, 0.1) is 0 Å². The van der Waals surface area contributed by atoms with E-state index >= 15 is 0 Å². The minimum atomic E-state index is -1.15. The number of benzene rings is 1. The Bertz CT molecular complexity index is 469. The van der Waals surface area contributed by atoms with E-state index in [0.29, 0.717) is 0 Å². The van der Waals surface area contributed by atoms with Gasteiger partial charge in [0.25, 0.3) is 0 Å². The van der Waals surface area contributed by atoms with Crippen molar-refractivity contribution in [3.63, 3.8) is 0 Å². The van der Waals surface area contributed by atoms with Crippen LogP contribution in [-0.2, 0) is 9.59 Å². The van der Waals surface area contributed by atoms with Crippen molar-refractivity contribution in [1.82, 2.24) is 5.32 Å². The number of nitrogens with one attached hydrogen (secondary N) is 1. The molecule has 0 aliphatic rings. The number of hydrogen-bond acceptors (Lipinski definition) is 2. The first-order valence-corrected chi connectivity index (χ1v) is 5.20. The van der Waals surface area contributed by atoms with Crippen LogP contribution in [0.15, 0.2) is 23.9 Å². The first-order chi connectivity index (χ1) is 7.91. The number of carbonyl (C=O) groups is 2. The van der Waals surface area contributed by atoms with E-state index in [1.54, 1.807) is 0 Å². The summed E-state index contributed by atoms with van der Waals surface area (Å²) in [6.45, 7) is 5.07. The number of carboxylic acids is 1. The third kappa shape index (κ3) is 3.45. The highest BCUT2D eigenvalue weighted by Crippen LogP contribution is 2.16. The number of amides is 1. The standard InChI is InChI=1S/C13H15NO3/c1-8-5-4-6-9(2)11(8)7-12(13(16)17)14-10(3)15/h4-7H,1-3H3,(H,14,15)(H,16,17)/b12-7-. The lowest BCUT2D eigenvalue weighted by Crippen LogP contribution is -2.24. The molecular formula is C13H15NO3. The Hall–Kier alpha value is -2.10. The van der Waals surface area contributed by atoms with Crippen LogP contribution in [0.4, 0.5) is 0 Å². The van der Waals surface area contributed by atoms with Gasteiger partial charge in [0, 0.05) is 6.92 Å². The van der Waals surface area contributed by atoms with Gasteiger partial charge in [-0.15, -0.1) is 0 Å². The number of aryl methyl sites for hydroxylation is 2. The second-order valence-corrected chi connectivity index (χ2v) is 3.85. The van der Waals surface area contributed by atoms with Crippen molar-refractivity contribution in [3.05, 3.63) is 40.6 Å². The van der Waals surface area contributed by atoms with Gasteiger partial charge >= 0.3 is 5.97 Å². The lowest BCUT2D eigenvalue weighted by atomic mass is 10.0. The van der Waals surface area contributed by atoms with Gasteiger partial charge < -0.3 is 10.4 Å². The summed E-state index contributed by atoms with van der Waals surface area (Å²) in [4.78, 5) is 21.9. The Morgan fingerprint density at radius 1 is 1.24 bits per heavy atom. The van der Waals surface area contributed by atoms with E-state index in [0.717, 1.165) is 16.7 Å². The average Bonchev–Trinajstić information content (AvgIpc) is 2.21. The molecule has 1 aromatic rings. The average molecular weight is 233 g/mol. The van der Waals surface area contributed by atoms with Crippen molar-refractivity contribution in [2.75, 3.05) is 0 Å². The van der Waals surface area contributed by atoms with Crippen LogP contribution in [0.5, 0.6) is 0 Å². The first kappa shape index (κ1) is 13.0. The first-order valence-electron chi connectivity index (χ1n) is 5.20. The molecule has 0 aromatic heterocycles. The molecule has 1 rings (SSSR count). The van der Waals surface area contributed by atoms with E-state index in [1.165, 1.54) is 13.0 Å². The van der Waals surface area contributed by atoms with Crippen molar-refractivity contribution in [2.24, 2.45) is 0 Å². The highest BCUT2D eigenvalue weighted by Gasteiger charge is 2.10. The second-order valence-electron chi connectivity index (χ2n) is 3.85. The Morgan fingerprint density at radius 3 is 2.18 bits per heavy atom. The summed E-state index contributed by atoms with van der Waals surface area (Å²) in [5.41, 5.74) is 2.64. The summed E-state index contributed by atoms with van der Waals surface area (Å²) in [5, 5.41) is 11.3. The highest BCUT2D eigenvalue weighted by atomic mass is 16.4. The van der Waals surface area contributed by atoms with E-state index in [4.69, 9.17) is 5.11 Å². The lowest BCUT2D eigenvalue weighted by Gasteiger charge is -2.07. The number of rotatable bonds is 3. The normalized spacial score (nSPS) is 11.1. The lowest BCUT2D eigenvalue weighted by molar-refractivity contribution is -0.134. The molecule has 0 radical (unpaired) electrons. The van der Waals surface area contributed by atoms with Gasteiger partial charge in [0.15, 0.2) is 0 Å². The van der Waals surface area contributed by atoms with Crippen molar-refractivity contribution in [1.29, 1.82) is 0 Å². The molecule has 0 spiro atoms. The van der Waals surface area contributed by atoms with Crippen molar-refractivity contribution < 1.29 is 14.7 Å². The summed E-state index contributed by atoms with van der Waals surface area (Å²) in [5.74, 6) is -1.55. The number of aliphatic carboxylic acids is 1. The van der Waals surface area contributed by atoms with Crippen molar-refractivity contribution in [2.45, 2.75) is 20.8 Å². The number of carboxylic acid groups (broad SMARTS) is 1. The van der Waals surface area contributed by atoms with Crippen LogP contribution in [0.25, 0.3) is 6.08 Å². The Labute approximate surface area is 100.0 Å². The molecule has 0 heterocycles. The highest BCUT2D eigenvalue weighted by molar-refractivity contribution is 5.96. The van der Waals surface area contributed by atoms with E-state index in [2.05, 4.69) is 5.32 Å². The smallest absolute Gasteiger partial charge is 0.352 e. The fourth-order valence-corrected chi connectivity index (χ4v) is 1.54. The predicted octanol–water partition coefficient (Wildman–Crippen LogP) is 1.87. The van der Waals surface area contributed by atoms with Crippen LogP contribution in [0, 0.1) is 13.8 Å². The summed E-state index contributed by atoms with van der Waals surface area (Å²) < 4.78 is 0. The molecule has 17 heavy (non-hydrogen) atoms. The van der Waals surface area contributed by atoms with Crippen LogP contribution >= 0.6 is 0 Å². The monoisotopic (exact) mass is 233 g/mol. The quantitative estimate of drug-likeness (QED) is 0.783. The van der Waals surface area contributed by atoms with Gasteiger partial charge in [0.2, 0.25) is 5.91 Å². The third-order valence-corrected chi connectivity index (χ3v) is 2.37. The number of carbonyl (C=O) groups excluding carboxylic acids is 1. The van der Waals surface area contributed by atoms with Gasteiger partial charge in [-0.1, -0.05) is 18.2 Å². The largest absolute Gasteiger partial charge is 0.477 e. The summed E-state index contributed by atoms with van der Waals surface area (Å²) in [6.07, 6.45) is 1.48. The molecule has 0 saturated carbocycles. The Balaban J connectivity index is 3.21. The molecular weight excluding hydrogens is 218 g/mol. The Morgan fingerprint density at radius 2 is 1.76 bits per heavy atom. The van der Waals surface area contributed by atoms with Gasteiger partial charge in [-0.05, 0) is 36.6 Å². The third-order valence-electron chi connectivity index (χ3n) is 2.37. The molecule has 1 amide bonds. The molecule has 4 nitrogen and oxygen atoms in total. The maximum atomic E-state index is 11.0. The molecule has 4 heteroatoms. The fourth-order valence-electron chi connectivity index (χ4n) is 1.54. The van der Waals surface area contributed by atoms with Crippen LogP contribution in [-0.4, -0.2) is 17.0 Å². The second kappa shape index (κ2) is 5.30. The summed E-state index contributed by atoms with van der Waals surface area (Å²) in [7, 11) is 0. The van der Waals surface area contributed by atoms with Crippen LogP contribution in [0.2, 0.25) is 0 Å². The van der Waals surface area contributed by atoms with E-state index in [9.17, 15) is 9.59 Å². The topological polar surface area (TPSA) is 66.4 Å². The van der Waals surface area contributed by atoms with Crippen LogP contribution in [0.3, 0.4) is 0 Å². The molecule has 0 aliphatic carbocycles. The maximum Gasteiger partial charge on any atom is 0.352 e. The van der Waals surface area contributed by atoms with Crippen LogP contribution < -0.4 is 5.32 Å². The molecule has 2 N–H and O–H groups in total. The van der Waals surface area contributed by atoms with Gasteiger partial charge in [-0.25, -0.2) is 4.79 Å². The zero-order valence-electron chi connectivity index (χ0n) is 10.1. The Kier molecular flexibility index (Phi) is 4.04. The van der Waals surface area contributed by atoms with Gasteiger partial charge in [-0.3, -0.25) is 4.79 Å². The molecule has 0 aliphatic heterocycles. The van der Waals surface area contributed by atoms with Gasteiger partial charge in [-0.2, -0.15) is 0 Å². The summed E-state index contributed by atoms with van der Waals surface area (Å²) >= 11 is 0. The number of hydrogen-bond donors (Lipinski definition) is 2. The molecule has 0 atom stereocenters. The van der Waals surface area contributed by atoms with Crippen molar-refractivity contribution >= 4 is 18.0 Å². The van der Waals surface area contributed by atoms with E-state index < -0.39 is 11.9 Å². The van der Waals surface area contributed by atoms with E-state index in [-0.39, 0.29) is 5.70 Å². The molecule has 90 valence electrons. The van der Waals surface area contributed by atoms with Crippen LogP contribution in [0.1, 0.15) is 23.6 Å². The zero-order chi connectivity index (χ0) is 13.0. The molecule has 1 aromatic carbocycles. The van der Waals surface area contributed by atoms with Crippen molar-refractivity contribution in [3.8, 4) is 0 Å². The predicted molar refractivity (Wildman–Crippen MR) is 65.3 cm³/mol. The van der Waals surface area contributed by atoms with Gasteiger partial charge in [0.1, 0.15) is 5.70 Å². The molecule has 0 bridgehead atoms. The fraction of sp³-hybridized carbons (Fsp3) is 0.231. The molecule has 0 saturated heterocycles. The summed E-state index contributed by atoms with van der Waals surface area (Å²) in [6, 6.07) is 5.69. The van der Waals surface area contributed by atoms with E-state index in [1.807, 2.05) is 32.0 Å². The zero-order valence-corrected chi connectivity index (χ0v) is 10.1. The molecule has 0 fully saturated rings. The maximum absolute atomic E-state index is 11.0. The minimum Gasteiger partial charge on any atom is -0.477 e. The SMILES string of the molecule is CC(=O)N/C(=C\c1c(C)cccc1C)C(=O)O.